The smallest absolute Gasteiger partial charge is 0.257 e. The molecule has 0 radical (unpaired) electrons. The fraction of sp³-hybridized carbons (Fsp3) is 0.310. The van der Waals surface area contributed by atoms with Gasteiger partial charge in [-0.3, -0.25) is 9.59 Å². The van der Waals surface area contributed by atoms with E-state index in [4.69, 9.17) is 4.52 Å². The Morgan fingerprint density at radius 1 is 1.14 bits per heavy atom. The number of amides is 2. The number of aryl methyl sites for hydroxylation is 2. The van der Waals surface area contributed by atoms with Crippen LogP contribution in [0.4, 0.5) is 10.1 Å². The normalized spacial score (nSPS) is 21.2. The van der Waals surface area contributed by atoms with E-state index < -0.39 is 17.8 Å². The van der Waals surface area contributed by atoms with Gasteiger partial charge in [-0.1, -0.05) is 53.7 Å². The van der Waals surface area contributed by atoms with Crippen molar-refractivity contribution in [2.75, 3.05) is 11.9 Å². The summed E-state index contributed by atoms with van der Waals surface area (Å²) < 4.78 is 19.9. The lowest BCUT2D eigenvalue weighted by Crippen LogP contribution is -2.55. The summed E-state index contributed by atoms with van der Waals surface area (Å²) in [6.45, 7) is 3.93. The van der Waals surface area contributed by atoms with Crippen LogP contribution in [0.2, 0.25) is 0 Å². The molecule has 190 valence electrons. The quantitative estimate of drug-likeness (QED) is 0.501. The molecule has 2 heterocycles. The molecule has 0 bridgehead atoms. The van der Waals surface area contributed by atoms with Crippen molar-refractivity contribution >= 4 is 17.5 Å². The van der Waals surface area contributed by atoms with Crippen LogP contribution in [-0.2, 0) is 4.79 Å². The van der Waals surface area contributed by atoms with Crippen LogP contribution in [0.1, 0.15) is 41.1 Å². The molecule has 8 heteroatoms. The second kappa shape index (κ2) is 10.5. The zero-order chi connectivity index (χ0) is 25.9. The van der Waals surface area contributed by atoms with Gasteiger partial charge in [0.05, 0.1) is 17.5 Å². The highest BCUT2D eigenvalue weighted by molar-refractivity contribution is 5.98. The average Bonchev–Trinajstić information content (AvgIpc) is 3.35. The van der Waals surface area contributed by atoms with E-state index in [1.165, 1.54) is 6.07 Å². The van der Waals surface area contributed by atoms with Crippen molar-refractivity contribution in [1.29, 1.82) is 0 Å². The minimum atomic E-state index is -0.539. The maximum Gasteiger partial charge on any atom is 0.257 e. The second-order valence-corrected chi connectivity index (χ2v) is 9.59. The van der Waals surface area contributed by atoms with Crippen molar-refractivity contribution in [2.24, 2.45) is 11.8 Å². The number of nitrogens with one attached hydrogen (secondary N) is 1. The maximum atomic E-state index is 14.8. The molecule has 3 aromatic rings. The number of piperidine rings is 1. The number of carbonyl (C=O) groups excluding carboxylic acids is 2. The Hall–Kier alpha value is -4.07. The van der Waals surface area contributed by atoms with Gasteiger partial charge in [0.15, 0.2) is 0 Å². The number of hydrogen-bond acceptors (Lipinski definition) is 5. The van der Waals surface area contributed by atoms with Crippen LogP contribution < -0.4 is 5.32 Å². The molecule has 1 N–H and O–H groups in total. The highest BCUT2D eigenvalue weighted by atomic mass is 19.1. The molecule has 0 spiro atoms. The standard InChI is InChI=1S/C29H29FN4O3/c1-18-9-6-15-24(30)25(18)29(36)34-16-8-14-23(26(34)20-10-4-3-5-11-20)28(35)32-22-13-7-12-21(17-22)27-31-19(2)37-33-27/h3-7,9-10,12-13,15,17,20,23,26H,8,11,14,16H2,1-2H3,(H,32,35)/t20?,23-,26-/m0/s1. The summed E-state index contributed by atoms with van der Waals surface area (Å²) in [6, 6.07) is 11.5. The minimum Gasteiger partial charge on any atom is -0.339 e. The van der Waals surface area contributed by atoms with Gasteiger partial charge in [0.25, 0.3) is 5.91 Å². The van der Waals surface area contributed by atoms with E-state index in [0.29, 0.717) is 48.8 Å². The Bertz CT molecular complexity index is 1360. The molecule has 1 saturated heterocycles. The Morgan fingerprint density at radius 2 is 1.97 bits per heavy atom. The van der Waals surface area contributed by atoms with Crippen LogP contribution in [0.15, 0.2) is 71.3 Å². The summed E-state index contributed by atoms with van der Waals surface area (Å²) in [6.07, 6.45) is 10.00. The van der Waals surface area contributed by atoms with Crippen molar-refractivity contribution in [3.05, 3.63) is 89.6 Å². The SMILES string of the molecule is Cc1nc(-c2cccc(NC(=O)[C@H]3CCCN(C(=O)c4c(C)cccc4F)[C@H]3C3C=CC=CC3)c2)no1. The Labute approximate surface area is 215 Å². The van der Waals surface area contributed by atoms with Crippen molar-refractivity contribution in [1.82, 2.24) is 15.0 Å². The van der Waals surface area contributed by atoms with Crippen molar-refractivity contribution in [3.8, 4) is 11.4 Å². The van der Waals surface area contributed by atoms with Gasteiger partial charge < -0.3 is 14.7 Å². The molecule has 37 heavy (non-hydrogen) atoms. The molecule has 2 aliphatic rings. The number of halogens is 1. The van der Waals surface area contributed by atoms with E-state index in [0.717, 1.165) is 5.56 Å². The third-order valence-electron chi connectivity index (χ3n) is 7.09. The lowest BCUT2D eigenvalue weighted by Gasteiger charge is -2.44. The van der Waals surface area contributed by atoms with Crippen molar-refractivity contribution in [2.45, 2.75) is 39.2 Å². The lowest BCUT2D eigenvalue weighted by molar-refractivity contribution is -0.123. The molecule has 3 atom stereocenters. The third-order valence-corrected chi connectivity index (χ3v) is 7.09. The molecular weight excluding hydrogens is 471 g/mol. The fourth-order valence-corrected chi connectivity index (χ4v) is 5.36. The second-order valence-electron chi connectivity index (χ2n) is 9.59. The number of aromatic nitrogens is 2. The predicted octanol–water partition coefficient (Wildman–Crippen LogP) is 5.48. The van der Waals surface area contributed by atoms with Gasteiger partial charge >= 0.3 is 0 Å². The lowest BCUT2D eigenvalue weighted by atomic mass is 9.77. The van der Waals surface area contributed by atoms with Crippen LogP contribution in [-0.4, -0.2) is 39.4 Å². The van der Waals surface area contributed by atoms with Crippen LogP contribution in [0.3, 0.4) is 0 Å². The third kappa shape index (κ3) is 5.09. The van der Waals surface area contributed by atoms with E-state index in [-0.39, 0.29) is 23.3 Å². The van der Waals surface area contributed by atoms with Gasteiger partial charge in [-0.15, -0.1) is 0 Å². The molecule has 2 aromatic carbocycles. The predicted molar refractivity (Wildman–Crippen MR) is 138 cm³/mol. The molecule has 1 aromatic heterocycles. The summed E-state index contributed by atoms with van der Waals surface area (Å²) in [5.74, 6) is -0.678. The molecule has 1 fully saturated rings. The molecule has 1 aliphatic carbocycles. The summed E-state index contributed by atoms with van der Waals surface area (Å²) in [5.41, 5.74) is 1.99. The average molecular weight is 501 g/mol. The Balaban J connectivity index is 1.44. The first kappa shape index (κ1) is 24.6. The van der Waals surface area contributed by atoms with Gasteiger partial charge in [0.2, 0.25) is 17.6 Å². The highest BCUT2D eigenvalue weighted by Crippen LogP contribution is 2.35. The first-order valence-corrected chi connectivity index (χ1v) is 12.5. The van der Waals surface area contributed by atoms with Gasteiger partial charge in [0.1, 0.15) is 5.82 Å². The summed E-state index contributed by atoms with van der Waals surface area (Å²) >= 11 is 0. The van der Waals surface area contributed by atoms with Crippen LogP contribution in [0.25, 0.3) is 11.4 Å². The van der Waals surface area contributed by atoms with E-state index >= 15 is 0 Å². The molecule has 7 nitrogen and oxygen atoms in total. The maximum absolute atomic E-state index is 14.8. The summed E-state index contributed by atoms with van der Waals surface area (Å²) in [7, 11) is 0. The van der Waals surface area contributed by atoms with E-state index in [9.17, 15) is 14.0 Å². The topological polar surface area (TPSA) is 88.3 Å². The molecular formula is C29H29FN4O3. The zero-order valence-electron chi connectivity index (χ0n) is 20.9. The number of allylic oxidation sites excluding steroid dienone is 3. The van der Waals surface area contributed by atoms with Gasteiger partial charge in [-0.2, -0.15) is 4.98 Å². The number of rotatable bonds is 5. The van der Waals surface area contributed by atoms with Crippen LogP contribution in [0, 0.1) is 31.5 Å². The van der Waals surface area contributed by atoms with Gasteiger partial charge in [0, 0.05) is 30.6 Å². The van der Waals surface area contributed by atoms with Gasteiger partial charge in [-0.25, -0.2) is 4.39 Å². The minimum absolute atomic E-state index is 0.0503. The van der Waals surface area contributed by atoms with E-state index in [1.807, 2.05) is 36.4 Å². The monoisotopic (exact) mass is 500 g/mol. The van der Waals surface area contributed by atoms with E-state index in [2.05, 4.69) is 15.5 Å². The first-order chi connectivity index (χ1) is 17.9. The fourth-order valence-electron chi connectivity index (χ4n) is 5.36. The van der Waals surface area contributed by atoms with Crippen LogP contribution in [0.5, 0.6) is 0 Å². The number of carbonyl (C=O) groups is 2. The molecule has 1 aliphatic heterocycles. The number of anilines is 1. The van der Waals surface area contributed by atoms with Gasteiger partial charge in [-0.05, 0) is 49.9 Å². The number of nitrogens with zero attached hydrogens (tertiary/aromatic N) is 3. The summed E-state index contributed by atoms with van der Waals surface area (Å²) in [4.78, 5) is 33.4. The Morgan fingerprint density at radius 3 is 2.70 bits per heavy atom. The first-order valence-electron chi connectivity index (χ1n) is 12.5. The van der Waals surface area contributed by atoms with Crippen molar-refractivity contribution in [3.63, 3.8) is 0 Å². The largest absolute Gasteiger partial charge is 0.339 e. The number of hydrogen-bond donors (Lipinski definition) is 1. The Kier molecular flexibility index (Phi) is 6.99. The number of benzene rings is 2. The molecule has 1 unspecified atom stereocenters. The van der Waals surface area contributed by atoms with E-state index in [1.54, 1.807) is 43.0 Å². The zero-order valence-corrected chi connectivity index (χ0v) is 20.9. The molecule has 2 amide bonds. The highest BCUT2D eigenvalue weighted by Gasteiger charge is 2.42. The number of likely N-dealkylation sites (tertiary alicyclic amines) is 1. The van der Waals surface area contributed by atoms with Crippen molar-refractivity contribution < 1.29 is 18.5 Å². The van der Waals surface area contributed by atoms with Crippen LogP contribution >= 0.6 is 0 Å². The molecule has 5 rings (SSSR count). The molecule has 0 saturated carbocycles. The summed E-state index contributed by atoms with van der Waals surface area (Å²) in [5, 5.41) is 6.99.